The molecule has 0 saturated carbocycles. The van der Waals surface area contributed by atoms with Crippen molar-refractivity contribution in [1.82, 2.24) is 5.32 Å². The first kappa shape index (κ1) is 17.9. The number of hydrogen-bond acceptors (Lipinski definition) is 4. The van der Waals surface area contributed by atoms with Crippen molar-refractivity contribution in [3.63, 3.8) is 0 Å². The van der Waals surface area contributed by atoms with Crippen LogP contribution in [0.5, 0.6) is 5.75 Å². The predicted octanol–water partition coefficient (Wildman–Crippen LogP) is 0.382. The highest BCUT2D eigenvalue weighted by Crippen LogP contribution is 2.10. The second kappa shape index (κ2) is 9.73. The number of amides is 2. The van der Waals surface area contributed by atoms with Crippen LogP contribution in [0, 0.1) is 5.82 Å². The third-order valence-electron chi connectivity index (χ3n) is 2.97. The second-order valence-corrected chi connectivity index (χ2v) is 4.60. The lowest BCUT2D eigenvalue weighted by atomic mass is 10.3. The fourth-order valence-corrected chi connectivity index (χ4v) is 1.79. The molecule has 0 bridgehead atoms. The molecule has 0 radical (unpaired) electrons. The molecule has 1 unspecified atom stereocenters. The summed E-state index contributed by atoms with van der Waals surface area (Å²) in [6.45, 7) is 5.66. The van der Waals surface area contributed by atoms with Crippen molar-refractivity contribution in [3.05, 3.63) is 30.1 Å². The number of hydrogen-bond donors (Lipinski definition) is 2. The summed E-state index contributed by atoms with van der Waals surface area (Å²) in [5.74, 6) is -0.131. The first-order chi connectivity index (χ1) is 10.5. The Labute approximate surface area is 129 Å². The Morgan fingerprint density at radius 1 is 1.23 bits per heavy atom. The summed E-state index contributed by atoms with van der Waals surface area (Å²) in [5.41, 5.74) is 0. The first-order valence-electron chi connectivity index (χ1n) is 7.23. The van der Waals surface area contributed by atoms with Gasteiger partial charge in [-0.3, -0.25) is 10.1 Å². The summed E-state index contributed by atoms with van der Waals surface area (Å²) in [5, 5.41) is 2.16. The Morgan fingerprint density at radius 2 is 1.91 bits per heavy atom. The Bertz CT molecular complexity index is 479. The maximum atomic E-state index is 12.8. The van der Waals surface area contributed by atoms with E-state index >= 15 is 0 Å². The van der Waals surface area contributed by atoms with Crippen molar-refractivity contribution in [3.8, 4) is 5.75 Å². The molecule has 122 valence electrons. The lowest BCUT2D eigenvalue weighted by Gasteiger charge is -2.17. The highest BCUT2D eigenvalue weighted by Gasteiger charge is 2.15. The number of carbonyl (C=O) groups is 2. The monoisotopic (exact) mass is 313 g/mol. The Kier molecular flexibility index (Phi) is 7.91. The van der Waals surface area contributed by atoms with Crippen LogP contribution in [0.3, 0.4) is 0 Å². The van der Waals surface area contributed by atoms with Crippen molar-refractivity contribution in [2.75, 3.05) is 32.8 Å². The number of ether oxygens (including phenoxy) is 2. The van der Waals surface area contributed by atoms with E-state index in [0.717, 1.165) is 4.90 Å². The van der Waals surface area contributed by atoms with E-state index in [-0.39, 0.29) is 19.0 Å². The van der Waals surface area contributed by atoms with E-state index in [1.165, 1.54) is 12.1 Å². The van der Waals surface area contributed by atoms with E-state index in [1.54, 1.807) is 19.1 Å². The van der Waals surface area contributed by atoms with Crippen LogP contribution in [0.4, 0.5) is 9.18 Å². The topological polar surface area (TPSA) is 69.1 Å². The second-order valence-electron chi connectivity index (χ2n) is 4.60. The zero-order valence-corrected chi connectivity index (χ0v) is 12.9. The lowest BCUT2D eigenvalue weighted by Crippen LogP contribution is -3.13. The molecule has 0 aliphatic heterocycles. The number of carbonyl (C=O) groups excluding carboxylic acids is 2. The van der Waals surface area contributed by atoms with E-state index in [9.17, 15) is 14.0 Å². The molecule has 7 heteroatoms. The number of imide groups is 1. The molecule has 1 rings (SSSR count). The molecular formula is C15H22FN2O4+. The minimum atomic E-state index is -0.731. The summed E-state index contributed by atoms with van der Waals surface area (Å²) in [6, 6.07) is 5.75. The fraction of sp³-hybridized carbons (Fsp3) is 0.467. The molecule has 0 fully saturated rings. The SMILES string of the molecule is CCOC(=O)NC(=O)C[NH+](CC)CCOc1ccc(F)cc1. The highest BCUT2D eigenvalue weighted by molar-refractivity contribution is 5.92. The number of rotatable bonds is 8. The van der Waals surface area contributed by atoms with Gasteiger partial charge in [0.1, 0.15) is 24.7 Å². The van der Waals surface area contributed by atoms with Gasteiger partial charge in [0.05, 0.1) is 13.2 Å². The summed E-state index contributed by atoms with van der Waals surface area (Å²) < 4.78 is 22.9. The maximum absolute atomic E-state index is 12.8. The van der Waals surface area contributed by atoms with Gasteiger partial charge in [-0.1, -0.05) is 0 Å². The van der Waals surface area contributed by atoms with E-state index in [4.69, 9.17) is 4.74 Å². The summed E-state index contributed by atoms with van der Waals surface area (Å²) in [6.07, 6.45) is -0.731. The molecule has 1 aromatic rings. The van der Waals surface area contributed by atoms with Crippen molar-refractivity contribution >= 4 is 12.0 Å². The van der Waals surface area contributed by atoms with Gasteiger partial charge < -0.3 is 14.4 Å². The summed E-state index contributed by atoms with van der Waals surface area (Å²) >= 11 is 0. The fourth-order valence-electron chi connectivity index (χ4n) is 1.79. The minimum Gasteiger partial charge on any atom is -0.488 e. The van der Waals surface area contributed by atoms with Gasteiger partial charge in [0, 0.05) is 0 Å². The van der Waals surface area contributed by atoms with Gasteiger partial charge in [0.2, 0.25) is 0 Å². The van der Waals surface area contributed by atoms with Gasteiger partial charge in [0.25, 0.3) is 5.91 Å². The third-order valence-corrected chi connectivity index (χ3v) is 2.97. The Hall–Kier alpha value is -2.15. The maximum Gasteiger partial charge on any atom is 0.414 e. The van der Waals surface area contributed by atoms with Gasteiger partial charge in [-0.2, -0.15) is 0 Å². The molecule has 1 atom stereocenters. The molecule has 6 nitrogen and oxygen atoms in total. The van der Waals surface area contributed by atoms with Crippen LogP contribution in [0.1, 0.15) is 13.8 Å². The number of nitrogens with one attached hydrogen (secondary N) is 2. The quantitative estimate of drug-likeness (QED) is 0.728. The normalized spacial score (nSPS) is 11.6. The Morgan fingerprint density at radius 3 is 2.50 bits per heavy atom. The van der Waals surface area contributed by atoms with Gasteiger partial charge in [0.15, 0.2) is 6.54 Å². The largest absolute Gasteiger partial charge is 0.488 e. The molecule has 0 aliphatic rings. The number of quaternary nitrogens is 1. The van der Waals surface area contributed by atoms with Gasteiger partial charge in [-0.25, -0.2) is 9.18 Å². The molecular weight excluding hydrogens is 291 g/mol. The zero-order valence-electron chi connectivity index (χ0n) is 12.9. The van der Waals surface area contributed by atoms with Gasteiger partial charge >= 0.3 is 6.09 Å². The van der Waals surface area contributed by atoms with Crippen molar-refractivity contribution < 1.29 is 28.4 Å². The van der Waals surface area contributed by atoms with Crippen LogP contribution in [-0.4, -0.2) is 44.8 Å². The molecule has 0 saturated heterocycles. The number of alkyl carbamates (subject to hydrolysis) is 1. The van der Waals surface area contributed by atoms with E-state index in [0.29, 0.717) is 25.4 Å². The molecule has 1 aromatic carbocycles. The van der Waals surface area contributed by atoms with Crippen molar-refractivity contribution in [1.29, 1.82) is 0 Å². The van der Waals surface area contributed by atoms with E-state index in [2.05, 4.69) is 10.1 Å². The average Bonchev–Trinajstić information content (AvgIpc) is 2.48. The molecule has 2 amide bonds. The minimum absolute atomic E-state index is 0.155. The third kappa shape index (κ3) is 7.03. The number of benzene rings is 1. The van der Waals surface area contributed by atoms with Gasteiger partial charge in [-0.15, -0.1) is 0 Å². The lowest BCUT2D eigenvalue weighted by molar-refractivity contribution is -0.890. The zero-order chi connectivity index (χ0) is 16.4. The molecule has 22 heavy (non-hydrogen) atoms. The van der Waals surface area contributed by atoms with Crippen LogP contribution in [0.15, 0.2) is 24.3 Å². The highest BCUT2D eigenvalue weighted by atomic mass is 19.1. The smallest absolute Gasteiger partial charge is 0.414 e. The first-order valence-corrected chi connectivity index (χ1v) is 7.23. The number of halogens is 1. The summed E-state index contributed by atoms with van der Waals surface area (Å²) in [7, 11) is 0. The molecule has 0 aliphatic carbocycles. The molecule has 0 heterocycles. The van der Waals surface area contributed by atoms with Crippen LogP contribution in [0.2, 0.25) is 0 Å². The van der Waals surface area contributed by atoms with Gasteiger partial charge in [-0.05, 0) is 38.1 Å². The van der Waals surface area contributed by atoms with Crippen molar-refractivity contribution in [2.45, 2.75) is 13.8 Å². The van der Waals surface area contributed by atoms with Crippen LogP contribution in [0.25, 0.3) is 0 Å². The van der Waals surface area contributed by atoms with Crippen molar-refractivity contribution in [2.24, 2.45) is 0 Å². The molecule has 2 N–H and O–H groups in total. The molecule has 0 spiro atoms. The standard InChI is InChI=1S/C15H21FN2O4/c1-3-18(11-14(19)17-15(20)21-4-2)9-10-22-13-7-5-12(16)6-8-13/h5-8H,3-4,9-11H2,1-2H3,(H,17,19,20)/p+1. The van der Waals surface area contributed by atoms with Crippen LogP contribution >= 0.6 is 0 Å². The van der Waals surface area contributed by atoms with Crippen LogP contribution < -0.4 is 15.0 Å². The van der Waals surface area contributed by atoms with E-state index < -0.39 is 12.0 Å². The summed E-state index contributed by atoms with van der Waals surface area (Å²) in [4.78, 5) is 23.7. The van der Waals surface area contributed by atoms with Crippen LogP contribution in [-0.2, 0) is 9.53 Å². The average molecular weight is 313 g/mol. The molecule has 0 aromatic heterocycles. The van der Waals surface area contributed by atoms with E-state index in [1.807, 2.05) is 6.92 Å². The number of likely N-dealkylation sites (N-methyl/N-ethyl adjacent to an activating group) is 1. The Balaban J connectivity index is 2.30. The predicted molar refractivity (Wildman–Crippen MR) is 78.3 cm³/mol.